The van der Waals surface area contributed by atoms with Crippen molar-refractivity contribution in [3.8, 4) is 0 Å². The molecule has 0 bridgehead atoms. The third-order valence-corrected chi connectivity index (χ3v) is 3.13. The van der Waals surface area contributed by atoms with Crippen LogP contribution in [0.15, 0.2) is 18.5 Å². The van der Waals surface area contributed by atoms with E-state index in [1.54, 1.807) is 4.68 Å². The van der Waals surface area contributed by atoms with Gasteiger partial charge in [0.15, 0.2) is 0 Å². The van der Waals surface area contributed by atoms with Gasteiger partial charge in [-0.25, -0.2) is 0 Å². The Labute approximate surface area is 99.6 Å². The Bertz CT molecular complexity index is 498. The molecule has 2 aromatic rings. The van der Waals surface area contributed by atoms with Gasteiger partial charge in [0.05, 0.1) is 12.2 Å². The van der Waals surface area contributed by atoms with Crippen molar-refractivity contribution < 1.29 is 0 Å². The van der Waals surface area contributed by atoms with Gasteiger partial charge in [-0.05, 0) is 18.6 Å². The van der Waals surface area contributed by atoms with Gasteiger partial charge >= 0.3 is 0 Å². The van der Waals surface area contributed by atoms with Gasteiger partial charge in [0.1, 0.15) is 5.15 Å². The molecule has 2 heterocycles. The fourth-order valence-electron chi connectivity index (χ4n) is 1.75. The number of halogens is 1. The number of nitrogens with two attached hydrogens (primary N) is 1. The largest absolute Gasteiger partial charge is 0.349 e. The van der Waals surface area contributed by atoms with Crippen molar-refractivity contribution >= 4 is 11.6 Å². The standard InChI is InChI=1S/C11H15ClN4/c1-8-10(11(12)15(2)14-8)7-16-4-3-9(5-13)6-16/h3-4,6H,5,7,13H2,1-2H3. The van der Waals surface area contributed by atoms with Crippen LogP contribution in [0.4, 0.5) is 0 Å². The normalized spacial score (nSPS) is 11.0. The smallest absolute Gasteiger partial charge is 0.131 e. The molecule has 16 heavy (non-hydrogen) atoms. The number of hydrogen-bond donors (Lipinski definition) is 1. The predicted molar refractivity (Wildman–Crippen MR) is 64.4 cm³/mol. The molecule has 2 aromatic heterocycles. The van der Waals surface area contributed by atoms with E-state index in [1.807, 2.05) is 32.4 Å². The summed E-state index contributed by atoms with van der Waals surface area (Å²) in [6.45, 7) is 3.26. The third kappa shape index (κ3) is 1.99. The summed E-state index contributed by atoms with van der Waals surface area (Å²) in [5.74, 6) is 0. The summed E-state index contributed by atoms with van der Waals surface area (Å²) in [6.07, 6.45) is 4.04. The van der Waals surface area contributed by atoms with Crippen LogP contribution in [-0.4, -0.2) is 14.3 Å². The zero-order chi connectivity index (χ0) is 11.7. The lowest BCUT2D eigenvalue weighted by Gasteiger charge is -2.02. The van der Waals surface area contributed by atoms with Crippen LogP contribution in [0.5, 0.6) is 0 Å². The molecular formula is C11H15ClN4. The van der Waals surface area contributed by atoms with E-state index in [0.29, 0.717) is 11.7 Å². The van der Waals surface area contributed by atoms with E-state index in [1.165, 1.54) is 0 Å². The Balaban J connectivity index is 2.26. The van der Waals surface area contributed by atoms with Gasteiger partial charge in [-0.3, -0.25) is 4.68 Å². The van der Waals surface area contributed by atoms with Crippen LogP contribution < -0.4 is 5.73 Å². The second-order valence-electron chi connectivity index (χ2n) is 3.87. The highest BCUT2D eigenvalue weighted by Crippen LogP contribution is 2.20. The molecule has 0 saturated carbocycles. The lowest BCUT2D eigenvalue weighted by atomic mass is 10.2. The molecule has 0 saturated heterocycles. The van der Waals surface area contributed by atoms with Gasteiger partial charge in [-0.15, -0.1) is 0 Å². The van der Waals surface area contributed by atoms with Gasteiger partial charge in [0, 0.05) is 31.5 Å². The Morgan fingerprint density at radius 3 is 2.75 bits per heavy atom. The quantitative estimate of drug-likeness (QED) is 0.885. The summed E-state index contributed by atoms with van der Waals surface area (Å²) in [5, 5.41) is 4.98. The van der Waals surface area contributed by atoms with Gasteiger partial charge < -0.3 is 10.3 Å². The number of nitrogens with zero attached hydrogens (tertiary/aromatic N) is 3. The zero-order valence-corrected chi connectivity index (χ0v) is 10.2. The van der Waals surface area contributed by atoms with Crippen molar-refractivity contribution in [2.24, 2.45) is 12.8 Å². The Morgan fingerprint density at radius 1 is 1.50 bits per heavy atom. The molecule has 0 aliphatic heterocycles. The van der Waals surface area contributed by atoms with Crippen LogP contribution in [0.1, 0.15) is 16.8 Å². The first-order valence-electron chi connectivity index (χ1n) is 5.14. The minimum Gasteiger partial charge on any atom is -0.349 e. The Hall–Kier alpha value is -1.26. The van der Waals surface area contributed by atoms with Crippen LogP contribution >= 0.6 is 11.6 Å². The highest BCUT2D eigenvalue weighted by Gasteiger charge is 2.11. The molecule has 2 rings (SSSR count). The maximum atomic E-state index is 6.17. The maximum Gasteiger partial charge on any atom is 0.131 e. The first kappa shape index (κ1) is 11.2. The van der Waals surface area contributed by atoms with Crippen LogP contribution in [-0.2, 0) is 20.1 Å². The van der Waals surface area contributed by atoms with Gasteiger partial charge in [0.25, 0.3) is 0 Å². The topological polar surface area (TPSA) is 48.8 Å². The van der Waals surface area contributed by atoms with Crippen molar-refractivity contribution in [3.63, 3.8) is 0 Å². The molecule has 2 N–H and O–H groups in total. The fourth-order valence-corrected chi connectivity index (χ4v) is 1.98. The summed E-state index contributed by atoms with van der Waals surface area (Å²) >= 11 is 6.17. The van der Waals surface area contributed by atoms with Crippen LogP contribution in [0.25, 0.3) is 0 Å². The molecule has 0 fully saturated rings. The predicted octanol–water partition coefficient (Wildman–Crippen LogP) is 1.69. The molecule has 0 spiro atoms. The van der Waals surface area contributed by atoms with Crippen molar-refractivity contribution in [1.82, 2.24) is 14.3 Å². The van der Waals surface area contributed by atoms with E-state index in [4.69, 9.17) is 17.3 Å². The molecule has 5 heteroatoms. The van der Waals surface area contributed by atoms with Crippen LogP contribution in [0, 0.1) is 6.92 Å². The van der Waals surface area contributed by atoms with Crippen molar-refractivity contribution in [2.45, 2.75) is 20.0 Å². The van der Waals surface area contributed by atoms with Crippen molar-refractivity contribution in [3.05, 3.63) is 40.4 Å². The van der Waals surface area contributed by atoms with Crippen LogP contribution in [0.3, 0.4) is 0 Å². The lowest BCUT2D eigenvalue weighted by Crippen LogP contribution is -1.99. The number of aryl methyl sites for hydroxylation is 2. The van der Waals surface area contributed by atoms with E-state index in [0.717, 1.165) is 23.4 Å². The number of rotatable bonds is 3. The molecule has 0 radical (unpaired) electrons. The molecule has 4 nitrogen and oxygen atoms in total. The molecule has 86 valence electrons. The van der Waals surface area contributed by atoms with E-state index in [9.17, 15) is 0 Å². The molecule has 0 aromatic carbocycles. The van der Waals surface area contributed by atoms with E-state index in [2.05, 4.69) is 9.67 Å². The molecule has 0 aliphatic rings. The van der Waals surface area contributed by atoms with E-state index in [-0.39, 0.29) is 0 Å². The summed E-state index contributed by atoms with van der Waals surface area (Å²) in [5.41, 5.74) is 8.71. The molecule has 0 unspecified atom stereocenters. The number of hydrogen-bond acceptors (Lipinski definition) is 2. The molecule has 0 aliphatic carbocycles. The van der Waals surface area contributed by atoms with Gasteiger partial charge in [-0.1, -0.05) is 11.6 Å². The summed E-state index contributed by atoms with van der Waals surface area (Å²) in [6, 6.07) is 2.01. The van der Waals surface area contributed by atoms with Crippen molar-refractivity contribution in [1.29, 1.82) is 0 Å². The second-order valence-corrected chi connectivity index (χ2v) is 4.23. The van der Waals surface area contributed by atoms with Crippen molar-refractivity contribution in [2.75, 3.05) is 0 Å². The number of aromatic nitrogens is 3. The SMILES string of the molecule is Cc1nn(C)c(Cl)c1Cn1ccc(CN)c1. The molecule has 0 atom stereocenters. The highest BCUT2D eigenvalue weighted by molar-refractivity contribution is 6.30. The van der Waals surface area contributed by atoms with E-state index < -0.39 is 0 Å². The van der Waals surface area contributed by atoms with E-state index >= 15 is 0 Å². The molecular weight excluding hydrogens is 224 g/mol. The Morgan fingerprint density at radius 2 is 2.25 bits per heavy atom. The Kier molecular flexibility index (Phi) is 3.03. The average Bonchev–Trinajstić information content (AvgIpc) is 2.80. The minimum absolute atomic E-state index is 0.562. The third-order valence-electron chi connectivity index (χ3n) is 2.66. The summed E-state index contributed by atoms with van der Waals surface area (Å²) in [7, 11) is 1.85. The maximum absolute atomic E-state index is 6.17. The second kappa shape index (κ2) is 4.31. The summed E-state index contributed by atoms with van der Waals surface area (Å²) < 4.78 is 3.76. The fraction of sp³-hybridized carbons (Fsp3) is 0.364. The highest BCUT2D eigenvalue weighted by atomic mass is 35.5. The van der Waals surface area contributed by atoms with Gasteiger partial charge in [0.2, 0.25) is 0 Å². The summed E-state index contributed by atoms with van der Waals surface area (Å²) in [4.78, 5) is 0. The first-order chi connectivity index (χ1) is 7.61. The molecule has 0 amide bonds. The zero-order valence-electron chi connectivity index (χ0n) is 9.44. The lowest BCUT2D eigenvalue weighted by molar-refractivity contribution is 0.756. The minimum atomic E-state index is 0.562. The van der Waals surface area contributed by atoms with Gasteiger partial charge in [-0.2, -0.15) is 5.10 Å². The monoisotopic (exact) mass is 238 g/mol. The average molecular weight is 239 g/mol. The van der Waals surface area contributed by atoms with Crippen LogP contribution in [0.2, 0.25) is 5.15 Å². The first-order valence-corrected chi connectivity index (χ1v) is 5.52.